The molecule has 0 spiro atoms. The van der Waals surface area contributed by atoms with Gasteiger partial charge >= 0.3 is 0 Å². The number of hydrogen-bond acceptors (Lipinski definition) is 6. The van der Waals surface area contributed by atoms with Crippen molar-refractivity contribution >= 4 is 23.7 Å². The second kappa shape index (κ2) is 12.1. The molecule has 8 heteroatoms. The fourth-order valence-electron chi connectivity index (χ4n) is 0.951. The first-order chi connectivity index (χ1) is 9.13. The first-order valence-corrected chi connectivity index (χ1v) is 7.69. The van der Waals surface area contributed by atoms with Gasteiger partial charge in [-0.05, 0) is 25.0 Å². The zero-order chi connectivity index (χ0) is 14.5. The Balaban J connectivity index is 0.000000555. The molecule has 0 atom stereocenters. The average Bonchev–Trinajstić information content (AvgIpc) is 2.87. The third-order valence-corrected chi connectivity index (χ3v) is 3.12. The van der Waals surface area contributed by atoms with E-state index in [2.05, 4.69) is 11.3 Å². The number of aliphatic hydroxyl groups excluding tert-OH is 1. The lowest BCUT2D eigenvalue weighted by Crippen LogP contribution is -1.99. The fourth-order valence-corrected chi connectivity index (χ4v) is 2.06. The molecule has 107 valence electrons. The summed E-state index contributed by atoms with van der Waals surface area (Å²) in [7, 11) is 0. The fraction of sp³-hybridized carbons (Fsp3) is 0.455. The molecule has 1 heterocycles. The van der Waals surface area contributed by atoms with Gasteiger partial charge in [0.05, 0.1) is 10.7 Å². The van der Waals surface area contributed by atoms with Crippen LogP contribution in [0.25, 0.3) is 0 Å². The van der Waals surface area contributed by atoms with E-state index in [9.17, 15) is 0 Å². The van der Waals surface area contributed by atoms with Crippen molar-refractivity contribution in [1.29, 1.82) is 0 Å². The lowest BCUT2D eigenvalue weighted by atomic mass is 10.4. The zero-order valence-electron chi connectivity index (χ0n) is 10.7. The number of nitrogens with zero attached hydrogens (tertiary/aromatic N) is 2. The van der Waals surface area contributed by atoms with Crippen molar-refractivity contribution in [3.8, 4) is 0 Å². The van der Waals surface area contributed by atoms with E-state index in [1.807, 2.05) is 18.4 Å². The van der Waals surface area contributed by atoms with Gasteiger partial charge in [-0.3, -0.25) is 10.1 Å². The summed E-state index contributed by atoms with van der Waals surface area (Å²) in [5.74, 6) is 3.41. The van der Waals surface area contributed by atoms with Gasteiger partial charge in [0.1, 0.15) is 18.1 Å². The van der Waals surface area contributed by atoms with Gasteiger partial charge in [0.2, 0.25) is 6.20 Å². The molecule has 0 saturated carbocycles. The number of nitro groups is 1. The summed E-state index contributed by atoms with van der Waals surface area (Å²) in [5, 5.41) is 17.8. The normalized spacial score (nSPS) is 9.58. The van der Waals surface area contributed by atoms with Crippen LogP contribution in [0.5, 0.6) is 0 Å². The molecule has 0 saturated heterocycles. The van der Waals surface area contributed by atoms with Crippen LogP contribution in [0, 0.1) is 10.1 Å². The van der Waals surface area contributed by atoms with Gasteiger partial charge in [0.25, 0.3) is 0 Å². The molecular formula is C11H17N2O4S2. The minimum absolute atomic E-state index is 0.0214. The minimum Gasteiger partial charge on any atom is -0.463 e. The number of thioether (sulfide) groups is 1. The molecule has 1 aromatic heterocycles. The van der Waals surface area contributed by atoms with Gasteiger partial charge in [-0.2, -0.15) is 16.5 Å². The first-order valence-electron chi connectivity index (χ1n) is 5.36. The quantitative estimate of drug-likeness (QED) is 0.343. The van der Waals surface area contributed by atoms with Crippen LogP contribution >= 0.6 is 23.7 Å². The maximum Gasteiger partial charge on any atom is 0.227 e. The molecule has 0 amide bonds. The van der Waals surface area contributed by atoms with Crippen molar-refractivity contribution in [3.63, 3.8) is 0 Å². The van der Waals surface area contributed by atoms with E-state index in [0.717, 1.165) is 23.8 Å². The smallest absolute Gasteiger partial charge is 0.227 e. The van der Waals surface area contributed by atoms with Crippen LogP contribution in [0.3, 0.4) is 0 Å². The average molecular weight is 305 g/mol. The maximum atomic E-state index is 9.06. The second-order valence-electron chi connectivity index (χ2n) is 3.08. The van der Waals surface area contributed by atoms with Crippen molar-refractivity contribution in [2.24, 2.45) is 0 Å². The standard InChI is InChI=1S/C9H14NO2S2.C2H3NO2/c1-13-10-4-5-14-7-9-3-2-8(6-11)12-9;1-2-3(4)5/h2-3,11H,4-7H2,1H3;2H,1H2. The van der Waals surface area contributed by atoms with Gasteiger partial charge < -0.3 is 9.52 Å². The highest BCUT2D eigenvalue weighted by Crippen LogP contribution is 2.15. The molecular weight excluding hydrogens is 288 g/mol. The third kappa shape index (κ3) is 10.6. The Morgan fingerprint density at radius 3 is 2.68 bits per heavy atom. The van der Waals surface area contributed by atoms with Crippen LogP contribution in [-0.4, -0.2) is 28.6 Å². The molecule has 6 nitrogen and oxygen atoms in total. The molecule has 19 heavy (non-hydrogen) atoms. The van der Waals surface area contributed by atoms with Crippen molar-refractivity contribution in [2.45, 2.75) is 12.4 Å². The van der Waals surface area contributed by atoms with Crippen molar-refractivity contribution < 1.29 is 14.4 Å². The summed E-state index contributed by atoms with van der Waals surface area (Å²) in [6.07, 6.45) is 2.60. The number of rotatable bonds is 8. The minimum atomic E-state index is -0.611. The number of hydrogen-bond donors (Lipinski definition) is 1. The Labute approximate surface area is 120 Å². The van der Waals surface area contributed by atoms with Crippen LogP contribution in [0.15, 0.2) is 29.3 Å². The Kier molecular flexibility index (Phi) is 11.5. The van der Waals surface area contributed by atoms with Gasteiger partial charge in [-0.25, -0.2) is 0 Å². The molecule has 0 bridgehead atoms. The molecule has 1 rings (SSSR count). The Morgan fingerprint density at radius 1 is 1.58 bits per heavy atom. The van der Waals surface area contributed by atoms with Crippen molar-refractivity contribution in [3.05, 3.63) is 46.5 Å². The molecule has 0 aliphatic carbocycles. The van der Waals surface area contributed by atoms with Gasteiger partial charge in [0.15, 0.2) is 0 Å². The monoisotopic (exact) mass is 305 g/mol. The highest BCUT2D eigenvalue weighted by Gasteiger charge is 2.00. The van der Waals surface area contributed by atoms with Gasteiger partial charge in [-0.1, -0.05) is 11.9 Å². The molecule has 0 aliphatic rings. The van der Waals surface area contributed by atoms with Crippen molar-refractivity contribution in [2.75, 3.05) is 18.6 Å². The molecule has 0 fully saturated rings. The summed E-state index contributed by atoms with van der Waals surface area (Å²) in [6, 6.07) is 3.71. The Bertz CT molecular complexity index is 371. The molecule has 0 aliphatic heterocycles. The maximum absolute atomic E-state index is 9.06. The van der Waals surface area contributed by atoms with E-state index in [1.54, 1.807) is 11.8 Å². The molecule has 0 unspecified atom stereocenters. The highest BCUT2D eigenvalue weighted by atomic mass is 32.2. The largest absolute Gasteiger partial charge is 0.463 e. The summed E-state index contributed by atoms with van der Waals surface area (Å²) < 4.78 is 9.48. The van der Waals surface area contributed by atoms with Gasteiger partial charge in [-0.15, -0.1) is 0 Å². The molecule has 1 radical (unpaired) electrons. The predicted octanol–water partition coefficient (Wildman–Crippen LogP) is 2.29. The summed E-state index contributed by atoms with van der Waals surface area (Å²) in [6.45, 7) is 3.71. The zero-order valence-corrected chi connectivity index (χ0v) is 12.3. The summed E-state index contributed by atoms with van der Waals surface area (Å²) in [4.78, 5) is 8.44. The highest BCUT2D eigenvalue weighted by molar-refractivity contribution is 7.98. The van der Waals surface area contributed by atoms with E-state index < -0.39 is 4.92 Å². The topological polar surface area (TPSA) is 90.6 Å². The van der Waals surface area contributed by atoms with Crippen molar-refractivity contribution in [1.82, 2.24) is 4.72 Å². The van der Waals surface area contributed by atoms with Crippen LogP contribution < -0.4 is 4.72 Å². The van der Waals surface area contributed by atoms with E-state index in [0.29, 0.717) is 12.0 Å². The summed E-state index contributed by atoms with van der Waals surface area (Å²) in [5.41, 5.74) is 0. The third-order valence-electron chi connectivity index (χ3n) is 1.72. The van der Waals surface area contributed by atoms with Crippen LogP contribution in [0.1, 0.15) is 11.5 Å². The number of furan rings is 1. The van der Waals surface area contributed by atoms with Crippen LogP contribution in [-0.2, 0) is 12.4 Å². The molecule has 1 aromatic rings. The second-order valence-corrected chi connectivity index (χ2v) is 4.81. The van der Waals surface area contributed by atoms with Crippen LogP contribution in [0.4, 0.5) is 0 Å². The van der Waals surface area contributed by atoms with Gasteiger partial charge in [0, 0.05) is 12.3 Å². The lowest BCUT2D eigenvalue weighted by Gasteiger charge is -1.98. The Hall–Kier alpha value is -0.960. The van der Waals surface area contributed by atoms with E-state index in [1.165, 1.54) is 11.9 Å². The van der Waals surface area contributed by atoms with E-state index >= 15 is 0 Å². The van der Waals surface area contributed by atoms with E-state index in [4.69, 9.17) is 19.6 Å². The van der Waals surface area contributed by atoms with E-state index in [-0.39, 0.29) is 6.61 Å². The SMILES string of the molecule is C=C[N+](=O)[O-].CS[N]CCSCc1ccc(CO)o1. The predicted molar refractivity (Wildman–Crippen MR) is 78.5 cm³/mol. The lowest BCUT2D eigenvalue weighted by molar-refractivity contribution is -0.401. The van der Waals surface area contributed by atoms with Crippen LogP contribution in [0.2, 0.25) is 0 Å². The molecule has 0 aromatic carbocycles. The Morgan fingerprint density at radius 2 is 2.21 bits per heavy atom. The first kappa shape index (κ1) is 18.0. The summed E-state index contributed by atoms with van der Waals surface area (Å²) >= 11 is 3.30. The number of aliphatic hydroxyl groups is 1. The molecule has 1 N–H and O–H groups in total.